The minimum Gasteiger partial charge on any atom is -0.497 e. The van der Waals surface area contributed by atoms with Gasteiger partial charge in [0.05, 0.1) is 18.1 Å². The molecule has 2 N–H and O–H groups in total. The standard InChI is InChI=1S/C17H20N2O4/c1-23-16-8-2-13(3-9-16)10-11-18-12-17(20)14-4-6-15(7-5-14)19(21)22/h2-9,17-18,20H,10-12H2,1H3/t17-/m1/s1. The Morgan fingerprint density at radius 2 is 1.83 bits per heavy atom. The number of aliphatic hydroxyl groups is 1. The highest BCUT2D eigenvalue weighted by atomic mass is 16.6. The lowest BCUT2D eigenvalue weighted by Crippen LogP contribution is -2.23. The molecule has 23 heavy (non-hydrogen) atoms. The Labute approximate surface area is 134 Å². The number of methoxy groups -OCH3 is 1. The lowest BCUT2D eigenvalue weighted by Gasteiger charge is -2.12. The zero-order chi connectivity index (χ0) is 16.7. The maximum absolute atomic E-state index is 10.6. The van der Waals surface area contributed by atoms with Gasteiger partial charge in [0.2, 0.25) is 0 Å². The van der Waals surface area contributed by atoms with Crippen molar-refractivity contribution in [3.63, 3.8) is 0 Å². The van der Waals surface area contributed by atoms with Crippen LogP contribution in [0.5, 0.6) is 5.75 Å². The van der Waals surface area contributed by atoms with Crippen LogP contribution in [0.1, 0.15) is 17.2 Å². The molecule has 6 nitrogen and oxygen atoms in total. The quantitative estimate of drug-likeness (QED) is 0.444. The van der Waals surface area contributed by atoms with Crippen LogP contribution in [-0.4, -0.2) is 30.2 Å². The van der Waals surface area contributed by atoms with Gasteiger partial charge in [0.15, 0.2) is 0 Å². The molecule has 122 valence electrons. The van der Waals surface area contributed by atoms with Crippen LogP contribution >= 0.6 is 0 Å². The van der Waals surface area contributed by atoms with Gasteiger partial charge in [-0.05, 0) is 48.4 Å². The highest BCUT2D eigenvalue weighted by Gasteiger charge is 2.10. The molecule has 1 atom stereocenters. The Morgan fingerprint density at radius 3 is 2.39 bits per heavy atom. The Balaban J connectivity index is 1.75. The van der Waals surface area contributed by atoms with Gasteiger partial charge in [-0.2, -0.15) is 0 Å². The van der Waals surface area contributed by atoms with Crippen LogP contribution in [0.3, 0.4) is 0 Å². The summed E-state index contributed by atoms with van der Waals surface area (Å²) in [7, 11) is 1.64. The summed E-state index contributed by atoms with van der Waals surface area (Å²) < 4.78 is 5.11. The molecule has 0 saturated heterocycles. The van der Waals surface area contributed by atoms with Crippen molar-refractivity contribution in [1.82, 2.24) is 5.32 Å². The van der Waals surface area contributed by atoms with Gasteiger partial charge in [-0.3, -0.25) is 10.1 Å². The van der Waals surface area contributed by atoms with Crippen molar-refractivity contribution in [1.29, 1.82) is 0 Å². The molecule has 0 unspecified atom stereocenters. The van der Waals surface area contributed by atoms with E-state index >= 15 is 0 Å². The fourth-order valence-corrected chi connectivity index (χ4v) is 2.20. The van der Waals surface area contributed by atoms with E-state index in [2.05, 4.69) is 5.32 Å². The SMILES string of the molecule is COc1ccc(CCNC[C@@H](O)c2ccc([N+](=O)[O-])cc2)cc1. The maximum atomic E-state index is 10.6. The molecule has 0 heterocycles. The Morgan fingerprint density at radius 1 is 1.17 bits per heavy atom. The number of aliphatic hydroxyl groups excluding tert-OH is 1. The summed E-state index contributed by atoms with van der Waals surface area (Å²) >= 11 is 0. The predicted octanol–water partition coefficient (Wildman–Crippen LogP) is 2.47. The van der Waals surface area contributed by atoms with E-state index in [-0.39, 0.29) is 5.69 Å². The van der Waals surface area contributed by atoms with Crippen LogP contribution in [0.15, 0.2) is 48.5 Å². The molecule has 0 aliphatic heterocycles. The first kappa shape index (κ1) is 16.9. The summed E-state index contributed by atoms with van der Waals surface area (Å²) in [6.07, 6.45) is 0.156. The van der Waals surface area contributed by atoms with E-state index in [0.29, 0.717) is 12.1 Å². The van der Waals surface area contributed by atoms with Crippen LogP contribution in [0, 0.1) is 10.1 Å². The number of nitrogens with zero attached hydrogens (tertiary/aromatic N) is 1. The van der Waals surface area contributed by atoms with E-state index in [1.54, 1.807) is 19.2 Å². The molecule has 0 aromatic heterocycles. The third kappa shape index (κ3) is 5.05. The summed E-state index contributed by atoms with van der Waals surface area (Å²) in [6.45, 7) is 1.13. The van der Waals surface area contributed by atoms with Crippen LogP contribution in [0.4, 0.5) is 5.69 Å². The summed E-state index contributed by atoms with van der Waals surface area (Å²) in [5, 5.41) is 23.8. The van der Waals surface area contributed by atoms with Crippen molar-refractivity contribution in [2.45, 2.75) is 12.5 Å². The molecule has 2 aromatic rings. The average molecular weight is 316 g/mol. The van der Waals surface area contributed by atoms with Crippen molar-refractivity contribution < 1.29 is 14.8 Å². The Kier molecular flexibility index (Phi) is 6.08. The molecule has 0 fully saturated rings. The van der Waals surface area contributed by atoms with Crippen molar-refractivity contribution >= 4 is 5.69 Å². The Hall–Kier alpha value is -2.44. The zero-order valence-corrected chi connectivity index (χ0v) is 12.9. The van der Waals surface area contributed by atoms with Crippen molar-refractivity contribution in [2.75, 3.05) is 20.2 Å². The first-order valence-corrected chi connectivity index (χ1v) is 7.36. The predicted molar refractivity (Wildman–Crippen MR) is 87.6 cm³/mol. The number of non-ortho nitro benzene ring substituents is 1. The molecule has 0 radical (unpaired) electrons. The van der Waals surface area contributed by atoms with Crippen LogP contribution in [-0.2, 0) is 6.42 Å². The van der Waals surface area contributed by atoms with Gasteiger partial charge in [-0.1, -0.05) is 12.1 Å². The minimum atomic E-state index is -0.688. The number of ether oxygens (including phenoxy) is 1. The van der Waals surface area contributed by atoms with Crippen LogP contribution < -0.4 is 10.1 Å². The summed E-state index contributed by atoms with van der Waals surface area (Å²) in [6, 6.07) is 13.8. The van der Waals surface area contributed by atoms with Gasteiger partial charge < -0.3 is 15.2 Å². The summed E-state index contributed by atoms with van der Waals surface area (Å²) in [5.74, 6) is 0.829. The van der Waals surface area contributed by atoms with Gasteiger partial charge in [-0.15, -0.1) is 0 Å². The van der Waals surface area contributed by atoms with E-state index in [1.165, 1.54) is 17.7 Å². The number of hydrogen-bond donors (Lipinski definition) is 2. The lowest BCUT2D eigenvalue weighted by molar-refractivity contribution is -0.384. The monoisotopic (exact) mass is 316 g/mol. The number of rotatable bonds is 8. The van der Waals surface area contributed by atoms with Crippen molar-refractivity contribution in [3.8, 4) is 5.75 Å². The fourth-order valence-electron chi connectivity index (χ4n) is 2.20. The number of nitro groups is 1. The lowest BCUT2D eigenvalue weighted by atomic mass is 10.1. The van der Waals surface area contributed by atoms with Gasteiger partial charge in [-0.25, -0.2) is 0 Å². The van der Waals surface area contributed by atoms with E-state index in [1.807, 2.05) is 24.3 Å². The molecular formula is C17H20N2O4. The molecule has 0 aliphatic carbocycles. The topological polar surface area (TPSA) is 84.6 Å². The normalized spacial score (nSPS) is 11.9. The molecular weight excluding hydrogens is 296 g/mol. The number of benzene rings is 2. The van der Waals surface area contributed by atoms with Gasteiger partial charge >= 0.3 is 0 Å². The molecule has 6 heteroatoms. The van der Waals surface area contributed by atoms with Crippen molar-refractivity contribution in [2.24, 2.45) is 0 Å². The second kappa shape index (κ2) is 8.26. The summed E-state index contributed by atoms with van der Waals surface area (Å²) in [4.78, 5) is 10.1. The van der Waals surface area contributed by atoms with Gasteiger partial charge in [0.1, 0.15) is 5.75 Å². The smallest absolute Gasteiger partial charge is 0.269 e. The largest absolute Gasteiger partial charge is 0.497 e. The Bertz CT molecular complexity index is 626. The van der Waals surface area contributed by atoms with E-state index in [0.717, 1.165) is 18.7 Å². The second-order valence-corrected chi connectivity index (χ2v) is 5.17. The third-order valence-electron chi connectivity index (χ3n) is 3.58. The highest BCUT2D eigenvalue weighted by Crippen LogP contribution is 2.17. The van der Waals surface area contributed by atoms with E-state index in [9.17, 15) is 15.2 Å². The van der Waals surface area contributed by atoms with E-state index < -0.39 is 11.0 Å². The molecule has 2 aromatic carbocycles. The van der Waals surface area contributed by atoms with E-state index in [4.69, 9.17) is 4.74 Å². The van der Waals surface area contributed by atoms with Gasteiger partial charge in [0, 0.05) is 18.7 Å². The molecule has 2 rings (SSSR count). The van der Waals surface area contributed by atoms with Crippen LogP contribution in [0.2, 0.25) is 0 Å². The number of nitrogens with one attached hydrogen (secondary N) is 1. The minimum absolute atomic E-state index is 0.0217. The maximum Gasteiger partial charge on any atom is 0.269 e. The first-order valence-electron chi connectivity index (χ1n) is 7.36. The zero-order valence-electron chi connectivity index (χ0n) is 12.9. The molecule has 0 aliphatic rings. The average Bonchev–Trinajstić information content (AvgIpc) is 2.59. The third-order valence-corrected chi connectivity index (χ3v) is 3.58. The molecule has 0 saturated carbocycles. The second-order valence-electron chi connectivity index (χ2n) is 5.17. The number of nitro benzene ring substituents is 1. The fraction of sp³-hybridized carbons (Fsp3) is 0.294. The highest BCUT2D eigenvalue weighted by molar-refractivity contribution is 5.33. The number of hydrogen-bond acceptors (Lipinski definition) is 5. The van der Waals surface area contributed by atoms with Gasteiger partial charge in [0.25, 0.3) is 5.69 Å². The molecule has 0 spiro atoms. The van der Waals surface area contributed by atoms with Crippen molar-refractivity contribution in [3.05, 3.63) is 69.8 Å². The first-order chi connectivity index (χ1) is 11.1. The molecule has 0 bridgehead atoms. The van der Waals surface area contributed by atoms with Crippen LogP contribution in [0.25, 0.3) is 0 Å². The molecule has 0 amide bonds. The summed E-state index contributed by atoms with van der Waals surface area (Å²) in [5.41, 5.74) is 1.86.